The van der Waals surface area contributed by atoms with Crippen LogP contribution in [-0.4, -0.2) is 85.2 Å². The highest BCUT2D eigenvalue weighted by molar-refractivity contribution is 5.96. The minimum atomic E-state index is -1.20. The molecule has 0 aliphatic carbocycles. The van der Waals surface area contributed by atoms with Gasteiger partial charge in [0.15, 0.2) is 11.6 Å². The average Bonchev–Trinajstić information content (AvgIpc) is 2.97. The van der Waals surface area contributed by atoms with E-state index < -0.39 is 29.6 Å². The average molecular weight is 557 g/mol. The number of aromatic nitrogens is 1. The Balaban J connectivity index is 1.52. The number of rotatable bonds is 11. The van der Waals surface area contributed by atoms with Gasteiger partial charge in [0.25, 0.3) is 0 Å². The summed E-state index contributed by atoms with van der Waals surface area (Å²) in [6.45, 7) is 2.62. The second-order valence-corrected chi connectivity index (χ2v) is 9.93. The molecule has 1 unspecified atom stereocenters. The maximum Gasteiger partial charge on any atom is 0.336 e. The quantitative estimate of drug-likeness (QED) is 0.310. The second kappa shape index (κ2) is 13.6. The van der Waals surface area contributed by atoms with Crippen molar-refractivity contribution in [3.63, 3.8) is 0 Å². The number of hydrazine groups is 1. The van der Waals surface area contributed by atoms with Crippen LogP contribution in [0.4, 0.5) is 8.78 Å². The van der Waals surface area contributed by atoms with Crippen LogP contribution in [0.2, 0.25) is 0 Å². The maximum absolute atomic E-state index is 14.3. The van der Waals surface area contributed by atoms with Crippen molar-refractivity contribution < 1.29 is 32.6 Å². The van der Waals surface area contributed by atoms with Crippen molar-refractivity contribution in [3.8, 4) is 0 Å². The molecule has 1 aromatic heterocycles. The fourth-order valence-corrected chi connectivity index (χ4v) is 5.51. The van der Waals surface area contributed by atoms with Crippen molar-refractivity contribution in [2.24, 2.45) is 0 Å². The topological polar surface area (TPSA) is 92.3 Å². The Bertz CT molecular complexity index is 1230. The van der Waals surface area contributed by atoms with Crippen LogP contribution in [0, 0.1) is 11.6 Å². The predicted octanol–water partition coefficient (Wildman–Crippen LogP) is 3.39. The Kier molecular flexibility index (Phi) is 9.94. The molecule has 2 amide bonds. The lowest BCUT2D eigenvalue weighted by atomic mass is 9.88. The van der Waals surface area contributed by atoms with Crippen molar-refractivity contribution in [3.05, 3.63) is 76.6 Å². The third-order valence-electron chi connectivity index (χ3n) is 7.46. The van der Waals surface area contributed by atoms with E-state index >= 15 is 0 Å². The third kappa shape index (κ3) is 6.53. The summed E-state index contributed by atoms with van der Waals surface area (Å²) >= 11 is 0. The summed E-state index contributed by atoms with van der Waals surface area (Å²) in [5.74, 6) is -3.02. The number of carbonyl (C=O) groups excluding carboxylic acids is 3. The van der Waals surface area contributed by atoms with Crippen LogP contribution < -0.4 is 0 Å². The first kappa shape index (κ1) is 29.3. The highest BCUT2D eigenvalue weighted by atomic mass is 19.2. The molecule has 4 rings (SSSR count). The standard InChI is InChI=1S/C29H34F2N4O5/c1-39-18-22-17-26(37)35(28(27(22)29(38)40-2)21-7-8-23(30)24(31)16-21)34(19-36)13-5-12-33-14-9-20(10-15-33)25-6-3-4-11-32-25/h3-4,6-8,11,16,19-20,28H,5,9-10,12-15,17-18H2,1-2H3. The molecule has 2 aliphatic rings. The molecule has 214 valence electrons. The van der Waals surface area contributed by atoms with E-state index in [2.05, 4.69) is 16.0 Å². The van der Waals surface area contributed by atoms with Crippen LogP contribution in [0.1, 0.15) is 48.9 Å². The molecule has 0 bridgehead atoms. The van der Waals surface area contributed by atoms with E-state index in [0.717, 1.165) is 48.8 Å². The Hall–Kier alpha value is -3.70. The van der Waals surface area contributed by atoms with Crippen molar-refractivity contribution >= 4 is 18.3 Å². The van der Waals surface area contributed by atoms with Gasteiger partial charge < -0.3 is 14.4 Å². The molecule has 9 nitrogen and oxygen atoms in total. The number of hydrogen-bond acceptors (Lipinski definition) is 7. The minimum Gasteiger partial charge on any atom is -0.466 e. The van der Waals surface area contributed by atoms with E-state index in [1.165, 1.54) is 25.3 Å². The van der Waals surface area contributed by atoms with Crippen LogP contribution in [0.3, 0.4) is 0 Å². The summed E-state index contributed by atoms with van der Waals surface area (Å²) in [6, 6.07) is 7.89. The number of hydrogen-bond donors (Lipinski definition) is 0. The first-order chi connectivity index (χ1) is 19.4. The van der Waals surface area contributed by atoms with Gasteiger partial charge in [-0.2, -0.15) is 0 Å². The molecule has 0 radical (unpaired) electrons. The van der Waals surface area contributed by atoms with Gasteiger partial charge in [-0.15, -0.1) is 0 Å². The zero-order valence-electron chi connectivity index (χ0n) is 22.7. The number of benzene rings is 1. The summed E-state index contributed by atoms with van der Waals surface area (Å²) in [7, 11) is 2.61. The molecule has 40 heavy (non-hydrogen) atoms. The number of piperidine rings is 1. The van der Waals surface area contributed by atoms with Crippen LogP contribution in [0.25, 0.3) is 0 Å². The van der Waals surface area contributed by atoms with Crippen LogP contribution >= 0.6 is 0 Å². The lowest BCUT2D eigenvalue weighted by Crippen LogP contribution is -2.52. The van der Waals surface area contributed by atoms with E-state index in [1.54, 1.807) is 0 Å². The Morgan fingerprint density at radius 3 is 2.55 bits per heavy atom. The second-order valence-electron chi connectivity index (χ2n) is 9.93. The molecule has 2 aliphatic heterocycles. The molecule has 1 saturated heterocycles. The molecule has 0 spiro atoms. The van der Waals surface area contributed by atoms with Gasteiger partial charge in [0.05, 0.1) is 25.7 Å². The van der Waals surface area contributed by atoms with E-state index in [-0.39, 0.29) is 30.7 Å². The van der Waals surface area contributed by atoms with E-state index in [4.69, 9.17) is 9.47 Å². The number of methoxy groups -OCH3 is 2. The monoisotopic (exact) mass is 556 g/mol. The number of ether oxygens (including phenoxy) is 2. The summed E-state index contributed by atoms with van der Waals surface area (Å²) in [4.78, 5) is 45.4. The molecule has 0 saturated carbocycles. The van der Waals surface area contributed by atoms with Crippen molar-refractivity contribution in [2.45, 2.75) is 37.6 Å². The lowest BCUT2D eigenvalue weighted by molar-refractivity contribution is -0.163. The molecule has 1 aromatic carbocycles. The van der Waals surface area contributed by atoms with E-state index in [1.807, 2.05) is 18.3 Å². The number of esters is 1. The lowest BCUT2D eigenvalue weighted by Gasteiger charge is -2.42. The largest absolute Gasteiger partial charge is 0.466 e. The van der Waals surface area contributed by atoms with Gasteiger partial charge in [0.2, 0.25) is 12.3 Å². The smallest absolute Gasteiger partial charge is 0.336 e. The molecular formula is C29H34F2N4O5. The molecular weight excluding hydrogens is 522 g/mol. The summed E-state index contributed by atoms with van der Waals surface area (Å²) in [5, 5.41) is 2.36. The molecule has 3 heterocycles. The van der Waals surface area contributed by atoms with E-state index in [0.29, 0.717) is 30.9 Å². The Morgan fingerprint density at radius 2 is 1.93 bits per heavy atom. The van der Waals surface area contributed by atoms with Gasteiger partial charge in [-0.25, -0.2) is 18.6 Å². The first-order valence-electron chi connectivity index (χ1n) is 13.3. The van der Waals surface area contributed by atoms with Gasteiger partial charge in [0.1, 0.15) is 6.04 Å². The first-order valence-corrected chi connectivity index (χ1v) is 13.3. The molecule has 11 heteroatoms. The van der Waals surface area contributed by atoms with Crippen molar-refractivity contribution in [1.29, 1.82) is 0 Å². The van der Waals surface area contributed by atoms with Crippen LogP contribution in [0.5, 0.6) is 0 Å². The Morgan fingerprint density at radius 1 is 1.15 bits per heavy atom. The zero-order chi connectivity index (χ0) is 28.6. The number of pyridine rings is 1. The van der Waals surface area contributed by atoms with E-state index in [9.17, 15) is 23.2 Å². The van der Waals surface area contributed by atoms with Gasteiger partial charge in [-0.1, -0.05) is 12.1 Å². The summed E-state index contributed by atoms with van der Waals surface area (Å²) in [5.41, 5.74) is 1.64. The fraction of sp³-hybridized carbons (Fsp3) is 0.448. The van der Waals surface area contributed by atoms with Gasteiger partial charge in [-0.3, -0.25) is 19.6 Å². The SMILES string of the molecule is COCC1=C(C(=O)OC)C(c2ccc(F)c(F)c2)N(N(C=O)CCCN2CCC(c3ccccn3)CC2)C(=O)C1. The molecule has 1 atom stereocenters. The molecule has 1 fully saturated rings. The van der Waals surface area contributed by atoms with Crippen LogP contribution in [-0.2, 0) is 23.9 Å². The maximum atomic E-state index is 14.3. The molecule has 2 aromatic rings. The van der Waals surface area contributed by atoms with Crippen LogP contribution in [0.15, 0.2) is 53.7 Å². The fourth-order valence-electron chi connectivity index (χ4n) is 5.51. The van der Waals surface area contributed by atoms with Crippen molar-refractivity contribution in [2.75, 3.05) is 47.0 Å². The number of nitrogens with zero attached hydrogens (tertiary/aromatic N) is 4. The Labute approximate surface area is 232 Å². The third-order valence-corrected chi connectivity index (χ3v) is 7.46. The van der Waals surface area contributed by atoms with Gasteiger partial charge >= 0.3 is 5.97 Å². The highest BCUT2D eigenvalue weighted by Crippen LogP contribution is 2.39. The summed E-state index contributed by atoms with van der Waals surface area (Å²) in [6.07, 6.45) is 4.66. The number of carbonyl (C=O) groups is 3. The normalized spacial score (nSPS) is 18.6. The predicted molar refractivity (Wildman–Crippen MR) is 142 cm³/mol. The molecule has 0 N–H and O–H groups in total. The summed E-state index contributed by atoms with van der Waals surface area (Å²) < 4.78 is 38.3. The zero-order valence-corrected chi connectivity index (χ0v) is 22.7. The van der Waals surface area contributed by atoms with Crippen molar-refractivity contribution in [1.82, 2.24) is 19.9 Å². The highest BCUT2D eigenvalue weighted by Gasteiger charge is 2.42. The van der Waals surface area contributed by atoms with Gasteiger partial charge in [0, 0.05) is 31.5 Å². The number of halogens is 2. The minimum absolute atomic E-state index is 0.0419. The number of likely N-dealkylation sites (tertiary alicyclic amines) is 1. The van der Waals surface area contributed by atoms with Gasteiger partial charge in [-0.05, 0) is 74.3 Å². The number of amides is 2.